The molecule has 1 aliphatic rings. The van der Waals surface area contributed by atoms with E-state index in [1.807, 2.05) is 0 Å². The number of nitrogens with two attached hydrogens (primary N) is 1. The fourth-order valence-corrected chi connectivity index (χ4v) is 3.17. The quantitative estimate of drug-likeness (QED) is 0.771. The summed E-state index contributed by atoms with van der Waals surface area (Å²) >= 11 is 0. The van der Waals surface area contributed by atoms with Gasteiger partial charge >= 0.3 is 0 Å². The first-order valence-electron chi connectivity index (χ1n) is 7.82. The van der Waals surface area contributed by atoms with E-state index in [2.05, 4.69) is 43.3 Å². The van der Waals surface area contributed by atoms with Crippen LogP contribution < -0.4 is 5.73 Å². The van der Waals surface area contributed by atoms with Gasteiger partial charge in [0.25, 0.3) is 0 Å². The van der Waals surface area contributed by atoms with E-state index in [9.17, 15) is 0 Å². The average Bonchev–Trinajstić information content (AvgIpc) is 2.40. The lowest BCUT2D eigenvalue weighted by atomic mass is 9.82. The Balaban J connectivity index is 2.13. The van der Waals surface area contributed by atoms with E-state index in [0.717, 1.165) is 6.42 Å². The molecule has 1 nitrogen and oxygen atoms in total. The van der Waals surface area contributed by atoms with Crippen molar-refractivity contribution in [3.63, 3.8) is 0 Å². The fraction of sp³-hybridized carbons (Fsp3) is 0.556. The fourth-order valence-electron chi connectivity index (χ4n) is 3.17. The summed E-state index contributed by atoms with van der Waals surface area (Å²) in [6.45, 7) is 2.25. The summed E-state index contributed by atoms with van der Waals surface area (Å²) in [7, 11) is 0. The van der Waals surface area contributed by atoms with E-state index in [0.29, 0.717) is 5.92 Å². The maximum Gasteiger partial charge on any atom is 0.0323 e. The van der Waals surface area contributed by atoms with E-state index in [4.69, 9.17) is 5.73 Å². The van der Waals surface area contributed by atoms with Gasteiger partial charge in [0, 0.05) is 12.0 Å². The second-order valence-electron chi connectivity index (χ2n) is 5.68. The Bertz CT molecular complexity index is 393. The zero-order valence-corrected chi connectivity index (χ0v) is 12.1. The third kappa shape index (κ3) is 3.94. The Labute approximate surface area is 117 Å². The van der Waals surface area contributed by atoms with Gasteiger partial charge in [0.1, 0.15) is 0 Å². The molecule has 1 heteroatoms. The maximum atomic E-state index is 6.59. The number of rotatable bonds is 4. The average molecular weight is 257 g/mol. The first kappa shape index (κ1) is 14.3. The highest BCUT2D eigenvalue weighted by Gasteiger charge is 2.21. The molecule has 0 amide bonds. The third-order valence-electron chi connectivity index (χ3n) is 4.36. The Morgan fingerprint density at radius 1 is 1.05 bits per heavy atom. The van der Waals surface area contributed by atoms with Crippen molar-refractivity contribution in [2.75, 3.05) is 0 Å². The van der Waals surface area contributed by atoms with E-state index < -0.39 is 0 Å². The van der Waals surface area contributed by atoms with Crippen molar-refractivity contribution < 1.29 is 0 Å². The van der Waals surface area contributed by atoms with Gasteiger partial charge in [0.15, 0.2) is 0 Å². The van der Waals surface area contributed by atoms with Crippen LogP contribution in [0.15, 0.2) is 42.0 Å². The summed E-state index contributed by atoms with van der Waals surface area (Å²) in [6.07, 6.45) is 11.3. The van der Waals surface area contributed by atoms with Crippen LogP contribution in [0.25, 0.3) is 0 Å². The van der Waals surface area contributed by atoms with Crippen molar-refractivity contribution in [1.82, 2.24) is 0 Å². The van der Waals surface area contributed by atoms with Crippen LogP contribution in [0.5, 0.6) is 0 Å². The first-order valence-corrected chi connectivity index (χ1v) is 7.82. The van der Waals surface area contributed by atoms with Gasteiger partial charge in [-0.1, -0.05) is 61.7 Å². The Morgan fingerprint density at radius 2 is 1.79 bits per heavy atom. The predicted molar refractivity (Wildman–Crippen MR) is 83.2 cm³/mol. The lowest BCUT2D eigenvalue weighted by Crippen LogP contribution is -2.30. The minimum atomic E-state index is 0.200. The zero-order valence-electron chi connectivity index (χ0n) is 12.1. The molecule has 0 saturated heterocycles. The highest BCUT2D eigenvalue weighted by atomic mass is 14.7. The molecule has 0 bridgehead atoms. The molecule has 2 rings (SSSR count). The second-order valence-corrected chi connectivity index (χ2v) is 5.68. The summed E-state index contributed by atoms with van der Waals surface area (Å²) in [5.74, 6) is 0.465. The lowest BCUT2D eigenvalue weighted by Gasteiger charge is -2.27. The van der Waals surface area contributed by atoms with E-state index in [1.165, 1.54) is 49.7 Å². The SMILES string of the molecule is CCC(c1ccccc1)C(N)/C1=C/CCCCCC1. The van der Waals surface area contributed by atoms with Crippen molar-refractivity contribution in [1.29, 1.82) is 0 Å². The van der Waals surface area contributed by atoms with Crippen molar-refractivity contribution >= 4 is 0 Å². The molecule has 1 aromatic carbocycles. The van der Waals surface area contributed by atoms with Crippen LogP contribution in [0.1, 0.15) is 63.4 Å². The summed E-state index contributed by atoms with van der Waals surface area (Å²) in [5.41, 5.74) is 9.47. The topological polar surface area (TPSA) is 26.0 Å². The van der Waals surface area contributed by atoms with Gasteiger partial charge in [-0.3, -0.25) is 0 Å². The van der Waals surface area contributed by atoms with Gasteiger partial charge in [-0.05, 0) is 37.7 Å². The number of hydrogen-bond donors (Lipinski definition) is 1. The summed E-state index contributed by atoms with van der Waals surface area (Å²) in [4.78, 5) is 0. The molecule has 19 heavy (non-hydrogen) atoms. The molecule has 0 aliphatic heterocycles. The molecule has 1 aliphatic carbocycles. The number of allylic oxidation sites excluding steroid dienone is 1. The molecule has 2 atom stereocenters. The molecule has 0 heterocycles. The Hall–Kier alpha value is -1.08. The zero-order chi connectivity index (χ0) is 13.5. The maximum absolute atomic E-state index is 6.59. The largest absolute Gasteiger partial charge is 0.324 e. The number of benzene rings is 1. The van der Waals surface area contributed by atoms with Gasteiger partial charge in [-0.15, -0.1) is 0 Å². The smallest absolute Gasteiger partial charge is 0.0323 e. The molecule has 2 unspecified atom stereocenters. The molecule has 0 spiro atoms. The summed E-state index contributed by atoms with van der Waals surface area (Å²) < 4.78 is 0. The van der Waals surface area contributed by atoms with Gasteiger partial charge in [-0.25, -0.2) is 0 Å². The molecule has 0 aromatic heterocycles. The Morgan fingerprint density at radius 3 is 2.53 bits per heavy atom. The Kier molecular flexibility index (Phi) is 5.65. The molecule has 0 radical (unpaired) electrons. The van der Waals surface area contributed by atoms with Crippen molar-refractivity contribution in [3.05, 3.63) is 47.5 Å². The van der Waals surface area contributed by atoms with E-state index in [1.54, 1.807) is 0 Å². The molecule has 104 valence electrons. The second kappa shape index (κ2) is 7.49. The van der Waals surface area contributed by atoms with Gasteiger partial charge in [0.05, 0.1) is 0 Å². The van der Waals surface area contributed by atoms with Crippen LogP contribution in [0, 0.1) is 0 Å². The molecule has 0 saturated carbocycles. The molecule has 0 fully saturated rings. The molecule has 1 aromatic rings. The van der Waals surface area contributed by atoms with E-state index in [-0.39, 0.29) is 6.04 Å². The van der Waals surface area contributed by atoms with Crippen LogP contribution >= 0.6 is 0 Å². The third-order valence-corrected chi connectivity index (χ3v) is 4.36. The van der Waals surface area contributed by atoms with Gasteiger partial charge in [-0.2, -0.15) is 0 Å². The van der Waals surface area contributed by atoms with Crippen molar-refractivity contribution in [3.8, 4) is 0 Å². The monoisotopic (exact) mass is 257 g/mol. The van der Waals surface area contributed by atoms with Gasteiger partial charge < -0.3 is 5.73 Å². The number of hydrogen-bond acceptors (Lipinski definition) is 1. The molecule has 2 N–H and O–H groups in total. The standard InChI is InChI=1S/C18H27N/c1-2-17(15-11-9-6-10-12-15)18(19)16-13-7-4-3-5-8-14-16/h6,9-13,17-18H,2-5,7-8,14,19H2,1H3/b16-13+. The lowest BCUT2D eigenvalue weighted by molar-refractivity contribution is 0.530. The minimum Gasteiger partial charge on any atom is -0.324 e. The molecular weight excluding hydrogens is 230 g/mol. The summed E-state index contributed by atoms with van der Waals surface area (Å²) in [6, 6.07) is 11.0. The van der Waals surface area contributed by atoms with Gasteiger partial charge in [0.2, 0.25) is 0 Å². The van der Waals surface area contributed by atoms with Crippen molar-refractivity contribution in [2.24, 2.45) is 5.73 Å². The van der Waals surface area contributed by atoms with Crippen LogP contribution in [-0.4, -0.2) is 6.04 Å². The van der Waals surface area contributed by atoms with Crippen LogP contribution in [0.4, 0.5) is 0 Å². The first-order chi connectivity index (χ1) is 9.33. The van der Waals surface area contributed by atoms with Crippen LogP contribution in [0.2, 0.25) is 0 Å². The normalized spacial score (nSPS) is 22.7. The summed E-state index contributed by atoms with van der Waals surface area (Å²) in [5, 5.41) is 0. The highest BCUT2D eigenvalue weighted by Crippen LogP contribution is 2.29. The van der Waals surface area contributed by atoms with Crippen LogP contribution in [-0.2, 0) is 0 Å². The van der Waals surface area contributed by atoms with Crippen LogP contribution in [0.3, 0.4) is 0 Å². The highest BCUT2D eigenvalue weighted by molar-refractivity contribution is 5.26. The van der Waals surface area contributed by atoms with E-state index >= 15 is 0 Å². The molecular formula is C18H27N. The predicted octanol–water partition coefficient (Wildman–Crippen LogP) is 4.79. The minimum absolute atomic E-state index is 0.200. The van der Waals surface area contributed by atoms with Crippen molar-refractivity contribution in [2.45, 2.75) is 63.8 Å².